The SMILES string of the molecule is COc1cc(C#N)cc(Oc2ccc([C@@H](C)O)c(Br)c2)c1. The van der Waals surface area contributed by atoms with Gasteiger partial charge in [0.2, 0.25) is 0 Å². The Morgan fingerprint density at radius 3 is 2.43 bits per heavy atom. The topological polar surface area (TPSA) is 62.5 Å². The number of methoxy groups -OCH3 is 1. The fourth-order valence-electron chi connectivity index (χ4n) is 1.86. The summed E-state index contributed by atoms with van der Waals surface area (Å²) in [5.74, 6) is 1.68. The fourth-order valence-corrected chi connectivity index (χ4v) is 2.55. The van der Waals surface area contributed by atoms with Crippen LogP contribution in [0.5, 0.6) is 17.2 Å². The van der Waals surface area contributed by atoms with Crippen molar-refractivity contribution in [2.24, 2.45) is 0 Å². The summed E-state index contributed by atoms with van der Waals surface area (Å²) in [6.07, 6.45) is -0.560. The molecule has 0 amide bonds. The molecule has 0 radical (unpaired) electrons. The van der Waals surface area contributed by atoms with Gasteiger partial charge in [-0.2, -0.15) is 5.26 Å². The minimum Gasteiger partial charge on any atom is -0.497 e. The molecule has 21 heavy (non-hydrogen) atoms. The summed E-state index contributed by atoms with van der Waals surface area (Å²) >= 11 is 3.40. The van der Waals surface area contributed by atoms with Crippen LogP contribution in [0.15, 0.2) is 40.9 Å². The van der Waals surface area contributed by atoms with Crippen molar-refractivity contribution < 1.29 is 14.6 Å². The molecule has 0 unspecified atom stereocenters. The molecule has 2 rings (SSSR count). The lowest BCUT2D eigenvalue weighted by Gasteiger charge is -2.11. The van der Waals surface area contributed by atoms with Crippen molar-refractivity contribution in [2.75, 3.05) is 7.11 Å². The third-order valence-corrected chi connectivity index (χ3v) is 3.59. The molecule has 0 saturated heterocycles. The summed E-state index contributed by atoms with van der Waals surface area (Å²) in [5.41, 5.74) is 1.25. The van der Waals surface area contributed by atoms with Gasteiger partial charge in [-0.05, 0) is 36.8 Å². The highest BCUT2D eigenvalue weighted by atomic mass is 79.9. The zero-order valence-electron chi connectivity index (χ0n) is 11.6. The number of nitrogens with zero attached hydrogens (tertiary/aromatic N) is 1. The number of aliphatic hydroxyl groups is 1. The lowest BCUT2D eigenvalue weighted by Crippen LogP contribution is -1.94. The quantitative estimate of drug-likeness (QED) is 0.901. The van der Waals surface area contributed by atoms with Crippen LogP contribution in [0, 0.1) is 11.3 Å². The van der Waals surface area contributed by atoms with E-state index in [1.807, 2.05) is 0 Å². The summed E-state index contributed by atoms with van der Waals surface area (Å²) in [5, 5.41) is 18.6. The minimum absolute atomic E-state index is 0.462. The van der Waals surface area contributed by atoms with Crippen molar-refractivity contribution in [2.45, 2.75) is 13.0 Å². The third kappa shape index (κ3) is 3.75. The van der Waals surface area contributed by atoms with Crippen LogP contribution in [0.2, 0.25) is 0 Å². The monoisotopic (exact) mass is 347 g/mol. The molecule has 0 heterocycles. The molecule has 0 aliphatic heterocycles. The van der Waals surface area contributed by atoms with Crippen LogP contribution in [0.1, 0.15) is 24.2 Å². The number of hydrogen-bond acceptors (Lipinski definition) is 4. The van der Waals surface area contributed by atoms with Gasteiger partial charge in [0.05, 0.1) is 24.8 Å². The van der Waals surface area contributed by atoms with Gasteiger partial charge in [0.25, 0.3) is 0 Å². The van der Waals surface area contributed by atoms with Crippen molar-refractivity contribution in [3.8, 4) is 23.3 Å². The van der Waals surface area contributed by atoms with E-state index in [4.69, 9.17) is 14.7 Å². The molecule has 1 N–H and O–H groups in total. The first kappa shape index (κ1) is 15.4. The predicted octanol–water partition coefficient (Wildman–Crippen LogP) is 4.17. The molecule has 0 saturated carbocycles. The standard InChI is InChI=1S/C16H14BrNO3/c1-10(19)15-4-3-12(8-16(15)17)21-14-6-11(9-18)5-13(7-14)20-2/h3-8,10,19H,1-2H3/t10-/m1/s1. The van der Waals surface area contributed by atoms with E-state index in [0.717, 1.165) is 10.0 Å². The Morgan fingerprint density at radius 1 is 1.14 bits per heavy atom. The molecule has 108 valence electrons. The van der Waals surface area contributed by atoms with Crippen LogP contribution < -0.4 is 9.47 Å². The van der Waals surface area contributed by atoms with E-state index in [1.165, 1.54) is 7.11 Å². The van der Waals surface area contributed by atoms with Gasteiger partial charge in [-0.1, -0.05) is 22.0 Å². The predicted molar refractivity (Wildman–Crippen MR) is 82.6 cm³/mol. The highest BCUT2D eigenvalue weighted by molar-refractivity contribution is 9.10. The third-order valence-electron chi connectivity index (χ3n) is 2.90. The Kier molecular flexibility index (Phi) is 4.84. The molecule has 0 bridgehead atoms. The molecule has 1 atom stereocenters. The Bertz CT molecular complexity index is 692. The molecule has 2 aromatic carbocycles. The number of nitriles is 1. The molecular formula is C16H14BrNO3. The molecule has 0 aliphatic rings. The number of halogens is 1. The van der Waals surface area contributed by atoms with Gasteiger partial charge in [-0.15, -0.1) is 0 Å². The second kappa shape index (κ2) is 6.61. The average Bonchev–Trinajstić information content (AvgIpc) is 2.46. The molecule has 0 aliphatic carbocycles. The molecule has 4 nitrogen and oxygen atoms in total. The summed E-state index contributed by atoms with van der Waals surface area (Å²) in [6.45, 7) is 1.70. The van der Waals surface area contributed by atoms with E-state index in [9.17, 15) is 5.11 Å². The highest BCUT2D eigenvalue weighted by Gasteiger charge is 2.09. The van der Waals surface area contributed by atoms with Gasteiger partial charge in [-0.3, -0.25) is 0 Å². The zero-order valence-corrected chi connectivity index (χ0v) is 13.2. The first-order valence-electron chi connectivity index (χ1n) is 6.28. The lowest BCUT2D eigenvalue weighted by atomic mass is 10.1. The molecular weight excluding hydrogens is 334 g/mol. The number of hydrogen-bond donors (Lipinski definition) is 1. The molecule has 0 aromatic heterocycles. The number of aliphatic hydroxyl groups excluding tert-OH is 1. The minimum atomic E-state index is -0.560. The summed E-state index contributed by atoms with van der Waals surface area (Å²) in [6, 6.07) is 12.4. The van der Waals surface area contributed by atoms with Crippen LogP contribution in [0.25, 0.3) is 0 Å². The second-order valence-electron chi connectivity index (χ2n) is 4.47. The second-order valence-corrected chi connectivity index (χ2v) is 5.32. The summed E-state index contributed by atoms with van der Waals surface area (Å²) in [7, 11) is 1.54. The molecule has 5 heteroatoms. The number of rotatable bonds is 4. The summed E-state index contributed by atoms with van der Waals surface area (Å²) < 4.78 is 11.6. The first-order valence-corrected chi connectivity index (χ1v) is 7.07. The molecule has 2 aromatic rings. The van der Waals surface area contributed by atoms with E-state index >= 15 is 0 Å². The van der Waals surface area contributed by atoms with E-state index in [-0.39, 0.29) is 0 Å². The van der Waals surface area contributed by atoms with Gasteiger partial charge in [0.1, 0.15) is 17.2 Å². The van der Waals surface area contributed by atoms with Crippen molar-refractivity contribution in [3.63, 3.8) is 0 Å². The number of ether oxygens (including phenoxy) is 2. The van der Waals surface area contributed by atoms with Crippen LogP contribution in [-0.2, 0) is 0 Å². The van der Waals surface area contributed by atoms with E-state index in [2.05, 4.69) is 22.0 Å². The smallest absolute Gasteiger partial charge is 0.132 e. The van der Waals surface area contributed by atoms with E-state index in [1.54, 1.807) is 43.3 Å². The van der Waals surface area contributed by atoms with Crippen LogP contribution in [0.4, 0.5) is 0 Å². The van der Waals surface area contributed by atoms with Gasteiger partial charge in [-0.25, -0.2) is 0 Å². The van der Waals surface area contributed by atoms with Crippen molar-refractivity contribution >= 4 is 15.9 Å². The number of benzene rings is 2. The van der Waals surface area contributed by atoms with Crippen LogP contribution >= 0.6 is 15.9 Å². The van der Waals surface area contributed by atoms with Gasteiger partial charge in [0, 0.05) is 10.5 Å². The van der Waals surface area contributed by atoms with Crippen molar-refractivity contribution in [3.05, 3.63) is 52.0 Å². The van der Waals surface area contributed by atoms with Crippen molar-refractivity contribution in [1.82, 2.24) is 0 Å². The lowest BCUT2D eigenvalue weighted by molar-refractivity contribution is 0.198. The largest absolute Gasteiger partial charge is 0.497 e. The highest BCUT2D eigenvalue weighted by Crippen LogP contribution is 2.31. The molecule has 0 fully saturated rings. The Labute approximate surface area is 131 Å². The van der Waals surface area contributed by atoms with E-state index < -0.39 is 6.10 Å². The van der Waals surface area contributed by atoms with Gasteiger partial charge in [0.15, 0.2) is 0 Å². The van der Waals surface area contributed by atoms with Crippen LogP contribution in [0.3, 0.4) is 0 Å². The first-order chi connectivity index (χ1) is 10.0. The van der Waals surface area contributed by atoms with E-state index in [0.29, 0.717) is 22.8 Å². The summed E-state index contributed by atoms with van der Waals surface area (Å²) in [4.78, 5) is 0. The maximum atomic E-state index is 9.60. The average molecular weight is 348 g/mol. The van der Waals surface area contributed by atoms with Crippen molar-refractivity contribution in [1.29, 1.82) is 5.26 Å². The fraction of sp³-hybridized carbons (Fsp3) is 0.188. The Balaban J connectivity index is 2.30. The normalized spacial score (nSPS) is 11.6. The Morgan fingerprint density at radius 2 is 1.86 bits per heavy atom. The Hall–Kier alpha value is -2.03. The maximum absolute atomic E-state index is 9.60. The van der Waals surface area contributed by atoms with Crippen LogP contribution in [-0.4, -0.2) is 12.2 Å². The van der Waals surface area contributed by atoms with Gasteiger partial charge >= 0.3 is 0 Å². The zero-order chi connectivity index (χ0) is 15.4. The maximum Gasteiger partial charge on any atom is 0.132 e. The van der Waals surface area contributed by atoms with Gasteiger partial charge < -0.3 is 14.6 Å². The molecule has 0 spiro atoms.